The first-order chi connectivity index (χ1) is 12.4. The van der Waals surface area contributed by atoms with Gasteiger partial charge >= 0.3 is 6.61 Å². The number of methoxy groups -OCH3 is 1. The van der Waals surface area contributed by atoms with E-state index in [1.165, 1.54) is 29.8 Å². The number of hydrogen-bond donors (Lipinski definition) is 1. The topological polar surface area (TPSA) is 80.3 Å². The van der Waals surface area contributed by atoms with Crippen LogP contribution in [0.3, 0.4) is 0 Å². The largest absolute Gasteiger partial charge is 0.493 e. The van der Waals surface area contributed by atoms with Crippen molar-refractivity contribution in [1.29, 1.82) is 0 Å². The molecule has 0 atom stereocenters. The Morgan fingerprint density at radius 2 is 2.15 bits per heavy atom. The lowest BCUT2D eigenvalue weighted by atomic mass is 10.2. The number of carbonyl (C=O) groups excluding carboxylic acids is 1. The number of benzene rings is 1. The van der Waals surface area contributed by atoms with Crippen molar-refractivity contribution in [2.45, 2.75) is 31.7 Å². The highest BCUT2D eigenvalue weighted by atomic mass is 32.2. The van der Waals surface area contributed by atoms with E-state index in [0.717, 1.165) is 17.8 Å². The number of aromatic amines is 1. The van der Waals surface area contributed by atoms with Crippen LogP contribution in [-0.4, -0.2) is 52.5 Å². The Morgan fingerprint density at radius 1 is 1.38 bits per heavy atom. The minimum absolute atomic E-state index is 0.0490. The SMILES string of the molecule is CCc1nc(SCC(=O)N(C)Cc2ccc(OC(F)F)c(OC)c2)n[nH]1. The lowest BCUT2D eigenvalue weighted by Crippen LogP contribution is -2.27. The predicted octanol–water partition coefficient (Wildman–Crippen LogP) is 2.73. The average Bonchev–Trinajstić information content (AvgIpc) is 3.08. The molecule has 0 spiro atoms. The number of rotatable bonds is 9. The lowest BCUT2D eigenvalue weighted by Gasteiger charge is -2.18. The molecule has 1 aromatic carbocycles. The van der Waals surface area contributed by atoms with Gasteiger partial charge in [-0.05, 0) is 17.7 Å². The molecule has 0 fully saturated rings. The molecule has 1 aromatic heterocycles. The van der Waals surface area contributed by atoms with Crippen molar-refractivity contribution in [3.05, 3.63) is 29.6 Å². The summed E-state index contributed by atoms with van der Waals surface area (Å²) in [6.07, 6.45) is 0.745. The molecular formula is C16H20F2N4O3S. The van der Waals surface area contributed by atoms with Crippen LogP contribution in [0.2, 0.25) is 0 Å². The zero-order chi connectivity index (χ0) is 19.1. The number of aryl methyl sites for hydroxylation is 1. The fraction of sp³-hybridized carbons (Fsp3) is 0.438. The smallest absolute Gasteiger partial charge is 0.387 e. The summed E-state index contributed by atoms with van der Waals surface area (Å²) < 4.78 is 34.2. The fourth-order valence-electron chi connectivity index (χ4n) is 2.10. The number of ether oxygens (including phenoxy) is 2. The van der Waals surface area contributed by atoms with Crippen LogP contribution in [0, 0.1) is 0 Å². The number of nitrogens with one attached hydrogen (secondary N) is 1. The van der Waals surface area contributed by atoms with Crippen LogP contribution in [0.1, 0.15) is 18.3 Å². The van der Waals surface area contributed by atoms with Gasteiger partial charge in [0.1, 0.15) is 5.82 Å². The quantitative estimate of drug-likeness (QED) is 0.668. The number of thioether (sulfide) groups is 1. The second-order valence-electron chi connectivity index (χ2n) is 5.32. The molecule has 0 radical (unpaired) electrons. The molecule has 0 bridgehead atoms. The molecule has 0 saturated carbocycles. The first-order valence-corrected chi connectivity index (χ1v) is 8.81. The van der Waals surface area contributed by atoms with Crippen LogP contribution in [0.15, 0.2) is 23.4 Å². The Balaban J connectivity index is 1.93. The van der Waals surface area contributed by atoms with Crippen molar-refractivity contribution < 1.29 is 23.0 Å². The number of nitrogens with zero attached hydrogens (tertiary/aromatic N) is 3. The van der Waals surface area contributed by atoms with Gasteiger partial charge in [0.2, 0.25) is 11.1 Å². The van der Waals surface area contributed by atoms with Crippen molar-refractivity contribution in [1.82, 2.24) is 20.1 Å². The maximum atomic E-state index is 12.4. The predicted molar refractivity (Wildman–Crippen MR) is 92.6 cm³/mol. The van der Waals surface area contributed by atoms with Crippen LogP contribution in [-0.2, 0) is 17.8 Å². The molecule has 7 nitrogen and oxygen atoms in total. The summed E-state index contributed by atoms with van der Waals surface area (Å²) in [6.45, 7) is -0.668. The Kier molecular flexibility index (Phi) is 7.19. The van der Waals surface area contributed by atoms with Gasteiger partial charge in [-0.1, -0.05) is 24.8 Å². The second-order valence-corrected chi connectivity index (χ2v) is 6.26. The molecule has 1 heterocycles. The minimum atomic E-state index is -2.93. The average molecular weight is 386 g/mol. The van der Waals surface area contributed by atoms with Crippen molar-refractivity contribution >= 4 is 17.7 Å². The molecule has 0 aliphatic carbocycles. The summed E-state index contributed by atoms with van der Waals surface area (Å²) in [4.78, 5) is 18.0. The summed E-state index contributed by atoms with van der Waals surface area (Å²) in [5, 5.41) is 7.34. The first-order valence-electron chi connectivity index (χ1n) is 7.82. The summed E-state index contributed by atoms with van der Waals surface area (Å²) in [7, 11) is 3.03. The molecular weight excluding hydrogens is 366 g/mol. The Labute approximate surface area is 154 Å². The van der Waals surface area contributed by atoms with Crippen LogP contribution >= 0.6 is 11.8 Å². The Bertz CT molecular complexity index is 742. The van der Waals surface area contributed by atoms with E-state index in [2.05, 4.69) is 19.9 Å². The molecule has 0 aliphatic rings. The Hall–Kier alpha value is -2.36. The van der Waals surface area contributed by atoms with E-state index in [9.17, 15) is 13.6 Å². The van der Waals surface area contributed by atoms with Crippen molar-refractivity contribution in [2.24, 2.45) is 0 Å². The highest BCUT2D eigenvalue weighted by Crippen LogP contribution is 2.29. The molecule has 2 aromatic rings. The monoisotopic (exact) mass is 386 g/mol. The number of amides is 1. The zero-order valence-corrected chi connectivity index (χ0v) is 15.5. The third kappa shape index (κ3) is 5.58. The van der Waals surface area contributed by atoms with Gasteiger partial charge < -0.3 is 14.4 Å². The zero-order valence-electron chi connectivity index (χ0n) is 14.7. The van der Waals surface area contributed by atoms with Crippen LogP contribution < -0.4 is 9.47 Å². The van der Waals surface area contributed by atoms with E-state index in [-0.39, 0.29) is 23.2 Å². The molecule has 0 unspecified atom stereocenters. The van der Waals surface area contributed by atoms with E-state index in [1.54, 1.807) is 19.2 Å². The molecule has 0 saturated heterocycles. The highest BCUT2D eigenvalue weighted by molar-refractivity contribution is 7.99. The number of carbonyl (C=O) groups is 1. The lowest BCUT2D eigenvalue weighted by molar-refractivity contribution is -0.127. The van der Waals surface area contributed by atoms with E-state index in [1.807, 2.05) is 6.92 Å². The van der Waals surface area contributed by atoms with Crippen LogP contribution in [0.5, 0.6) is 11.5 Å². The van der Waals surface area contributed by atoms with Gasteiger partial charge in [-0.2, -0.15) is 8.78 Å². The van der Waals surface area contributed by atoms with Gasteiger partial charge in [0.25, 0.3) is 0 Å². The minimum Gasteiger partial charge on any atom is -0.493 e. The Morgan fingerprint density at radius 3 is 2.77 bits per heavy atom. The van der Waals surface area contributed by atoms with Crippen LogP contribution in [0.25, 0.3) is 0 Å². The molecule has 26 heavy (non-hydrogen) atoms. The van der Waals surface area contributed by atoms with Gasteiger partial charge in [0, 0.05) is 20.0 Å². The summed E-state index contributed by atoms with van der Waals surface area (Å²) in [5.41, 5.74) is 0.732. The molecule has 0 aliphatic heterocycles. The fourth-order valence-corrected chi connectivity index (χ4v) is 2.86. The molecule has 10 heteroatoms. The standard InChI is InChI=1S/C16H20F2N4O3S/c1-4-13-19-16(21-20-13)26-9-14(23)22(2)8-10-5-6-11(25-15(17)18)12(7-10)24-3/h5-7,15H,4,8-9H2,1-3H3,(H,19,20,21). The molecule has 2 rings (SSSR count). The van der Waals surface area contributed by atoms with Crippen molar-refractivity contribution in [3.63, 3.8) is 0 Å². The molecule has 1 N–H and O–H groups in total. The van der Waals surface area contributed by atoms with Gasteiger partial charge in [0.05, 0.1) is 12.9 Å². The second kappa shape index (κ2) is 9.37. The maximum absolute atomic E-state index is 12.4. The van der Waals surface area contributed by atoms with Gasteiger partial charge in [-0.25, -0.2) is 4.98 Å². The normalized spacial score (nSPS) is 10.8. The summed E-state index contributed by atoms with van der Waals surface area (Å²) in [6, 6.07) is 4.57. The van der Waals surface area contributed by atoms with Crippen molar-refractivity contribution in [3.8, 4) is 11.5 Å². The number of hydrogen-bond acceptors (Lipinski definition) is 6. The van der Waals surface area contributed by atoms with E-state index < -0.39 is 6.61 Å². The summed E-state index contributed by atoms with van der Waals surface area (Å²) in [5.74, 6) is 0.996. The third-order valence-corrected chi connectivity index (χ3v) is 4.29. The van der Waals surface area contributed by atoms with Crippen LogP contribution in [0.4, 0.5) is 8.78 Å². The maximum Gasteiger partial charge on any atom is 0.387 e. The first kappa shape index (κ1) is 20.0. The van der Waals surface area contributed by atoms with Crippen molar-refractivity contribution in [2.75, 3.05) is 19.9 Å². The van der Waals surface area contributed by atoms with E-state index in [4.69, 9.17) is 4.74 Å². The number of H-pyrrole nitrogens is 1. The highest BCUT2D eigenvalue weighted by Gasteiger charge is 2.15. The van der Waals surface area contributed by atoms with Gasteiger partial charge in [-0.3, -0.25) is 9.89 Å². The van der Waals surface area contributed by atoms with Gasteiger partial charge in [0.15, 0.2) is 11.5 Å². The third-order valence-electron chi connectivity index (χ3n) is 3.46. The number of aromatic nitrogens is 3. The molecule has 1 amide bonds. The number of halogens is 2. The number of alkyl halides is 2. The summed E-state index contributed by atoms with van der Waals surface area (Å²) >= 11 is 1.25. The van der Waals surface area contributed by atoms with E-state index >= 15 is 0 Å². The van der Waals surface area contributed by atoms with Gasteiger partial charge in [-0.15, -0.1) is 5.10 Å². The molecule has 142 valence electrons. The van der Waals surface area contributed by atoms with E-state index in [0.29, 0.717) is 11.7 Å².